The van der Waals surface area contributed by atoms with Gasteiger partial charge in [-0.1, -0.05) is 26.0 Å². The topological polar surface area (TPSA) is 81.7 Å². The van der Waals surface area contributed by atoms with Gasteiger partial charge in [0.05, 0.1) is 0 Å². The van der Waals surface area contributed by atoms with Gasteiger partial charge < -0.3 is 14.8 Å². The van der Waals surface area contributed by atoms with Gasteiger partial charge in [0.1, 0.15) is 5.75 Å². The van der Waals surface area contributed by atoms with Crippen LogP contribution in [0.25, 0.3) is 0 Å². The Labute approximate surface area is 171 Å². The maximum absolute atomic E-state index is 12.2. The van der Waals surface area contributed by atoms with Gasteiger partial charge in [-0.15, -0.1) is 0 Å². The molecule has 0 saturated carbocycles. The van der Waals surface area contributed by atoms with Crippen molar-refractivity contribution in [2.75, 3.05) is 11.9 Å². The summed E-state index contributed by atoms with van der Waals surface area (Å²) in [5.41, 5.74) is 3.10. The van der Waals surface area contributed by atoms with Crippen LogP contribution in [0.4, 0.5) is 5.69 Å². The van der Waals surface area contributed by atoms with E-state index in [1.54, 1.807) is 24.3 Å². The number of ketones is 1. The lowest BCUT2D eigenvalue weighted by Gasteiger charge is -2.16. The molecule has 2 rings (SSSR count). The molecule has 0 saturated heterocycles. The summed E-state index contributed by atoms with van der Waals surface area (Å²) in [6.45, 7) is 8.72. The van der Waals surface area contributed by atoms with Gasteiger partial charge in [0, 0.05) is 11.3 Å². The van der Waals surface area contributed by atoms with E-state index in [-0.39, 0.29) is 18.3 Å². The van der Waals surface area contributed by atoms with Crippen LogP contribution < -0.4 is 10.1 Å². The molecule has 0 aliphatic carbocycles. The lowest BCUT2D eigenvalue weighted by molar-refractivity contribution is -0.155. The molecule has 1 atom stereocenters. The predicted molar refractivity (Wildman–Crippen MR) is 111 cm³/mol. The fourth-order valence-electron chi connectivity index (χ4n) is 2.70. The average Bonchev–Trinajstić information content (AvgIpc) is 2.66. The van der Waals surface area contributed by atoms with Crippen LogP contribution in [-0.2, 0) is 14.3 Å². The molecule has 0 spiro atoms. The second-order valence-corrected chi connectivity index (χ2v) is 7.24. The summed E-state index contributed by atoms with van der Waals surface area (Å²) in [4.78, 5) is 35.6. The van der Waals surface area contributed by atoms with Crippen LogP contribution in [0.2, 0.25) is 0 Å². The SMILES string of the molecule is CC(=O)c1ccc(NC(=O)[C@@H](C)OC(=O)COc2cc(C)ccc2C(C)C)cc1. The zero-order chi connectivity index (χ0) is 21.6. The fraction of sp³-hybridized carbons (Fsp3) is 0.348. The Morgan fingerprint density at radius 1 is 1.00 bits per heavy atom. The van der Waals surface area contributed by atoms with Crippen LogP contribution in [-0.4, -0.2) is 30.4 Å². The highest BCUT2D eigenvalue weighted by atomic mass is 16.6. The van der Waals surface area contributed by atoms with Crippen LogP contribution in [0.15, 0.2) is 42.5 Å². The first-order valence-corrected chi connectivity index (χ1v) is 9.52. The van der Waals surface area contributed by atoms with Crippen LogP contribution >= 0.6 is 0 Å². The van der Waals surface area contributed by atoms with Crippen LogP contribution in [0.3, 0.4) is 0 Å². The molecule has 2 aromatic carbocycles. The van der Waals surface area contributed by atoms with Crippen molar-refractivity contribution in [3.05, 3.63) is 59.2 Å². The molecule has 0 aromatic heterocycles. The molecular weight excluding hydrogens is 370 g/mol. The average molecular weight is 397 g/mol. The summed E-state index contributed by atoms with van der Waals surface area (Å²) >= 11 is 0. The largest absolute Gasteiger partial charge is 0.482 e. The first-order chi connectivity index (χ1) is 13.7. The Morgan fingerprint density at radius 2 is 1.66 bits per heavy atom. The molecule has 1 N–H and O–H groups in total. The smallest absolute Gasteiger partial charge is 0.344 e. The molecule has 1 amide bonds. The van der Waals surface area contributed by atoms with Crippen molar-refractivity contribution in [3.63, 3.8) is 0 Å². The number of nitrogens with one attached hydrogen (secondary N) is 1. The van der Waals surface area contributed by atoms with Crippen molar-refractivity contribution in [1.29, 1.82) is 0 Å². The molecule has 0 unspecified atom stereocenters. The minimum atomic E-state index is -0.985. The molecule has 0 fully saturated rings. The minimum absolute atomic E-state index is 0.0561. The zero-order valence-corrected chi connectivity index (χ0v) is 17.4. The predicted octanol–water partition coefficient (Wildman–Crippen LogP) is 4.27. The summed E-state index contributed by atoms with van der Waals surface area (Å²) < 4.78 is 10.8. The lowest BCUT2D eigenvalue weighted by atomic mass is 10.0. The van der Waals surface area contributed by atoms with Crippen molar-refractivity contribution in [1.82, 2.24) is 0 Å². The van der Waals surface area contributed by atoms with Gasteiger partial charge in [0.15, 0.2) is 18.5 Å². The molecule has 0 aliphatic rings. The maximum atomic E-state index is 12.2. The standard InChI is InChI=1S/C23H27NO5/c1-14(2)20-11-6-15(3)12-21(20)28-13-22(26)29-17(5)23(27)24-19-9-7-18(8-10-19)16(4)25/h6-12,14,17H,13H2,1-5H3,(H,24,27)/t17-/m1/s1. The number of Topliss-reactive ketones (excluding diaryl/α,β-unsaturated/α-hetero) is 1. The second kappa shape index (κ2) is 9.87. The van der Waals surface area contributed by atoms with Crippen molar-refractivity contribution in [3.8, 4) is 5.75 Å². The first kappa shape index (κ1) is 22.1. The normalized spacial score (nSPS) is 11.7. The monoisotopic (exact) mass is 397 g/mol. The second-order valence-electron chi connectivity index (χ2n) is 7.24. The van der Waals surface area contributed by atoms with E-state index in [0.29, 0.717) is 17.0 Å². The molecule has 0 aliphatic heterocycles. The van der Waals surface area contributed by atoms with Crippen molar-refractivity contribution < 1.29 is 23.9 Å². The number of esters is 1. The zero-order valence-electron chi connectivity index (χ0n) is 17.4. The number of amides is 1. The van der Waals surface area contributed by atoms with Gasteiger partial charge in [0.25, 0.3) is 5.91 Å². The number of hydrogen-bond acceptors (Lipinski definition) is 5. The Morgan fingerprint density at radius 3 is 2.24 bits per heavy atom. The third-order valence-electron chi connectivity index (χ3n) is 4.37. The van der Waals surface area contributed by atoms with E-state index in [0.717, 1.165) is 11.1 Å². The van der Waals surface area contributed by atoms with Crippen LogP contribution in [0, 0.1) is 6.92 Å². The lowest BCUT2D eigenvalue weighted by Crippen LogP contribution is -2.31. The van der Waals surface area contributed by atoms with E-state index in [1.807, 2.05) is 39.0 Å². The summed E-state index contributed by atoms with van der Waals surface area (Å²) in [5.74, 6) is -0.261. The number of carbonyl (C=O) groups is 3. The van der Waals surface area contributed by atoms with Gasteiger partial charge in [-0.3, -0.25) is 9.59 Å². The van der Waals surface area contributed by atoms with Gasteiger partial charge in [-0.2, -0.15) is 0 Å². The summed E-state index contributed by atoms with van der Waals surface area (Å²) in [6, 6.07) is 12.3. The van der Waals surface area contributed by atoms with Crippen LogP contribution in [0.1, 0.15) is 55.1 Å². The molecule has 0 radical (unpaired) electrons. The van der Waals surface area contributed by atoms with E-state index in [9.17, 15) is 14.4 Å². The van der Waals surface area contributed by atoms with Gasteiger partial charge in [-0.05, 0) is 68.1 Å². The highest BCUT2D eigenvalue weighted by Gasteiger charge is 2.19. The maximum Gasteiger partial charge on any atom is 0.344 e. The Hall–Kier alpha value is -3.15. The first-order valence-electron chi connectivity index (χ1n) is 9.52. The Bertz CT molecular complexity index is 887. The number of carbonyl (C=O) groups excluding carboxylic acids is 3. The Kier molecular flexibility index (Phi) is 7.53. The van der Waals surface area contributed by atoms with Crippen molar-refractivity contribution >= 4 is 23.3 Å². The molecule has 0 bridgehead atoms. The van der Waals surface area contributed by atoms with Gasteiger partial charge in [0.2, 0.25) is 0 Å². The molecule has 6 nitrogen and oxygen atoms in total. The van der Waals surface area contributed by atoms with Crippen LogP contribution in [0.5, 0.6) is 5.75 Å². The quantitative estimate of drug-likeness (QED) is 0.531. The van der Waals surface area contributed by atoms with Crippen molar-refractivity contribution in [2.24, 2.45) is 0 Å². The highest BCUT2D eigenvalue weighted by Crippen LogP contribution is 2.27. The summed E-state index contributed by atoms with van der Waals surface area (Å²) in [5, 5.41) is 2.65. The molecule has 2 aromatic rings. The third-order valence-corrected chi connectivity index (χ3v) is 4.37. The van der Waals surface area contributed by atoms with Gasteiger partial charge in [-0.25, -0.2) is 4.79 Å². The van der Waals surface area contributed by atoms with Gasteiger partial charge >= 0.3 is 5.97 Å². The fourth-order valence-corrected chi connectivity index (χ4v) is 2.70. The summed E-state index contributed by atoms with van der Waals surface area (Å²) in [6.07, 6.45) is -0.985. The molecule has 154 valence electrons. The third kappa shape index (κ3) is 6.45. The number of benzene rings is 2. The van der Waals surface area contributed by atoms with Crippen molar-refractivity contribution in [2.45, 2.75) is 46.6 Å². The van der Waals surface area contributed by atoms with E-state index < -0.39 is 18.0 Å². The van der Waals surface area contributed by atoms with E-state index in [2.05, 4.69) is 5.32 Å². The number of rotatable bonds is 8. The van der Waals surface area contributed by atoms with E-state index >= 15 is 0 Å². The summed E-state index contributed by atoms with van der Waals surface area (Å²) in [7, 11) is 0. The molecular formula is C23H27NO5. The number of hydrogen-bond donors (Lipinski definition) is 1. The van der Waals surface area contributed by atoms with E-state index in [1.165, 1.54) is 13.8 Å². The minimum Gasteiger partial charge on any atom is -0.482 e. The van der Waals surface area contributed by atoms with E-state index in [4.69, 9.17) is 9.47 Å². The number of aryl methyl sites for hydroxylation is 1. The number of anilines is 1. The Balaban J connectivity index is 1.89. The molecule has 29 heavy (non-hydrogen) atoms. The molecule has 6 heteroatoms. The number of ether oxygens (including phenoxy) is 2. The molecule has 0 heterocycles. The highest BCUT2D eigenvalue weighted by molar-refractivity contribution is 5.97.